The number of imide groups is 1. The van der Waals surface area contributed by atoms with E-state index < -0.39 is 5.97 Å². The molecule has 1 aliphatic heterocycles. The Balaban J connectivity index is 1.89. The van der Waals surface area contributed by atoms with Gasteiger partial charge >= 0.3 is 5.97 Å². The summed E-state index contributed by atoms with van der Waals surface area (Å²) < 4.78 is 10.5. The quantitative estimate of drug-likeness (QED) is 0.330. The van der Waals surface area contributed by atoms with Crippen LogP contribution in [-0.4, -0.2) is 24.4 Å². The zero-order valence-corrected chi connectivity index (χ0v) is 16.0. The fraction of sp³-hybridized carbons (Fsp3) is 0.350. The van der Waals surface area contributed by atoms with Gasteiger partial charge in [0.25, 0.3) is 11.8 Å². The molecule has 27 heavy (non-hydrogen) atoms. The summed E-state index contributed by atoms with van der Waals surface area (Å²) in [4.78, 5) is 38.5. The van der Waals surface area contributed by atoms with Crippen LogP contribution in [0.2, 0.25) is 5.02 Å². The second-order valence-corrected chi connectivity index (χ2v) is 6.61. The molecule has 0 N–H and O–H groups in total. The maximum Gasteiger partial charge on any atom is 0.373 e. The Kier molecular flexibility index (Phi) is 5.65. The molecule has 1 aromatic rings. The Morgan fingerprint density at radius 3 is 2.37 bits per heavy atom. The Bertz CT molecular complexity index is 843. The Morgan fingerprint density at radius 2 is 1.81 bits per heavy atom. The van der Waals surface area contributed by atoms with Gasteiger partial charge in [-0.3, -0.25) is 9.59 Å². The number of hydrogen-bond acceptors (Lipinski definition) is 5. The number of carbonyl (C=O) groups excluding carboxylic acids is 3. The summed E-state index contributed by atoms with van der Waals surface area (Å²) in [6.45, 7) is 3.54. The van der Waals surface area contributed by atoms with Crippen LogP contribution in [0, 0.1) is 0 Å². The molecule has 0 bridgehead atoms. The number of halogens is 1. The van der Waals surface area contributed by atoms with Crippen LogP contribution in [0.5, 0.6) is 5.75 Å². The van der Waals surface area contributed by atoms with Gasteiger partial charge in [-0.2, -0.15) is 0 Å². The van der Waals surface area contributed by atoms with Crippen LogP contribution in [0.1, 0.15) is 39.5 Å². The number of ether oxygens (including phenoxy) is 2. The lowest BCUT2D eigenvalue weighted by molar-refractivity contribution is -0.141. The molecule has 0 fully saturated rings. The molecule has 6 nitrogen and oxygen atoms in total. The average Bonchev–Trinajstić information content (AvgIpc) is 2.92. The highest BCUT2D eigenvalue weighted by Crippen LogP contribution is 2.38. The number of hydrogen-bond donors (Lipinski definition) is 0. The summed E-state index contributed by atoms with van der Waals surface area (Å²) in [5.41, 5.74) is 1.56. The highest BCUT2D eigenvalue weighted by molar-refractivity contribution is 6.34. The molecule has 0 saturated heterocycles. The molecule has 1 aromatic carbocycles. The molecule has 7 heteroatoms. The Labute approximate surface area is 162 Å². The van der Waals surface area contributed by atoms with Crippen LogP contribution in [0.4, 0.5) is 5.69 Å². The van der Waals surface area contributed by atoms with Crippen molar-refractivity contribution in [3.8, 4) is 5.75 Å². The van der Waals surface area contributed by atoms with E-state index in [2.05, 4.69) is 0 Å². The highest BCUT2D eigenvalue weighted by Gasteiger charge is 2.39. The average molecular weight is 390 g/mol. The van der Waals surface area contributed by atoms with Crippen LogP contribution >= 0.6 is 11.6 Å². The molecule has 1 heterocycles. The summed E-state index contributed by atoms with van der Waals surface area (Å²) in [5, 5.41) is 0.249. The molecular formula is C20H20ClNO5. The normalized spacial score (nSPS) is 17.3. The predicted octanol–water partition coefficient (Wildman–Crippen LogP) is 3.93. The van der Waals surface area contributed by atoms with Crippen LogP contribution in [0.15, 0.2) is 41.2 Å². The number of carbonyl (C=O) groups is 3. The first-order valence-electron chi connectivity index (χ1n) is 8.89. The predicted molar refractivity (Wildman–Crippen MR) is 100 cm³/mol. The van der Waals surface area contributed by atoms with Gasteiger partial charge in [0, 0.05) is 17.2 Å². The van der Waals surface area contributed by atoms with Gasteiger partial charge in [0.1, 0.15) is 5.75 Å². The molecule has 1 aliphatic carbocycles. The Morgan fingerprint density at radius 1 is 1.19 bits per heavy atom. The molecule has 0 spiro atoms. The van der Waals surface area contributed by atoms with Gasteiger partial charge in [0.05, 0.1) is 17.3 Å². The van der Waals surface area contributed by atoms with E-state index in [1.54, 1.807) is 19.9 Å². The number of rotatable bonds is 5. The number of nitrogens with zero attached hydrogens (tertiary/aromatic N) is 1. The second-order valence-electron chi connectivity index (χ2n) is 6.20. The first kappa shape index (κ1) is 19.2. The molecule has 0 radical (unpaired) electrons. The number of benzene rings is 1. The van der Waals surface area contributed by atoms with E-state index in [1.165, 1.54) is 18.2 Å². The van der Waals surface area contributed by atoms with Crippen molar-refractivity contribution in [1.82, 2.24) is 0 Å². The zero-order chi connectivity index (χ0) is 19.6. The van der Waals surface area contributed by atoms with Gasteiger partial charge in [0.15, 0.2) is 0 Å². The largest absolute Gasteiger partial charge is 0.460 e. The smallest absolute Gasteiger partial charge is 0.373 e. The lowest BCUT2D eigenvalue weighted by Crippen LogP contribution is -2.31. The number of amides is 2. The number of esters is 1. The molecule has 0 unspecified atom stereocenters. The van der Waals surface area contributed by atoms with Gasteiger partial charge in [0.2, 0.25) is 5.76 Å². The topological polar surface area (TPSA) is 72.9 Å². The minimum atomic E-state index is -0.619. The van der Waals surface area contributed by atoms with E-state index in [0.717, 1.165) is 17.7 Å². The van der Waals surface area contributed by atoms with Gasteiger partial charge in [-0.1, -0.05) is 11.6 Å². The molecule has 2 aliphatic rings. The third kappa shape index (κ3) is 3.62. The third-order valence-corrected chi connectivity index (χ3v) is 4.83. The van der Waals surface area contributed by atoms with Crippen LogP contribution < -0.4 is 9.64 Å². The van der Waals surface area contributed by atoms with E-state index >= 15 is 0 Å². The van der Waals surface area contributed by atoms with Crippen molar-refractivity contribution in [3.05, 3.63) is 46.2 Å². The van der Waals surface area contributed by atoms with Gasteiger partial charge in [-0.15, -0.1) is 0 Å². The summed E-state index contributed by atoms with van der Waals surface area (Å²) in [7, 11) is 0. The first-order chi connectivity index (χ1) is 13.0. The molecule has 0 saturated carbocycles. The van der Waals surface area contributed by atoms with Gasteiger partial charge in [-0.25, -0.2) is 9.69 Å². The zero-order valence-electron chi connectivity index (χ0n) is 15.2. The van der Waals surface area contributed by atoms with E-state index in [1.807, 2.05) is 0 Å². The lowest BCUT2D eigenvalue weighted by atomic mass is 9.93. The van der Waals surface area contributed by atoms with Crippen LogP contribution in [0.25, 0.3) is 0 Å². The van der Waals surface area contributed by atoms with E-state index in [9.17, 15) is 14.4 Å². The van der Waals surface area contributed by atoms with Gasteiger partial charge < -0.3 is 9.47 Å². The standard InChI is InChI=1S/C20H20ClNO5/c1-3-16(20(25)26-4-2)27-17-11-12(9-10-15(17)21)22-18(23)13-7-5-6-8-14(13)19(22)24/h3,9-11H,4-8H2,1-2H3/b16-3-. The number of anilines is 1. The molecule has 3 rings (SSSR count). The minimum absolute atomic E-state index is 0.0209. The van der Waals surface area contributed by atoms with E-state index in [4.69, 9.17) is 21.1 Å². The van der Waals surface area contributed by atoms with Crippen molar-refractivity contribution in [1.29, 1.82) is 0 Å². The minimum Gasteiger partial charge on any atom is -0.460 e. The Hall–Kier alpha value is -2.60. The van der Waals surface area contributed by atoms with Crippen molar-refractivity contribution in [2.75, 3.05) is 11.5 Å². The fourth-order valence-corrected chi connectivity index (χ4v) is 3.38. The lowest BCUT2D eigenvalue weighted by Gasteiger charge is -2.17. The number of allylic oxidation sites excluding steroid dienone is 1. The molecular weight excluding hydrogens is 370 g/mol. The van der Waals surface area contributed by atoms with Crippen molar-refractivity contribution in [3.63, 3.8) is 0 Å². The summed E-state index contributed by atoms with van der Waals surface area (Å²) in [5.74, 6) is -1.06. The molecule has 2 amide bonds. The maximum atomic E-state index is 12.7. The van der Waals surface area contributed by atoms with Crippen LogP contribution in [0.3, 0.4) is 0 Å². The van der Waals surface area contributed by atoms with E-state index in [0.29, 0.717) is 29.7 Å². The molecule has 142 valence electrons. The van der Waals surface area contributed by atoms with Crippen molar-refractivity contribution >= 4 is 35.1 Å². The summed E-state index contributed by atoms with van der Waals surface area (Å²) in [6, 6.07) is 4.60. The van der Waals surface area contributed by atoms with Crippen molar-refractivity contribution in [2.45, 2.75) is 39.5 Å². The van der Waals surface area contributed by atoms with Crippen molar-refractivity contribution in [2.24, 2.45) is 0 Å². The fourth-order valence-electron chi connectivity index (χ4n) is 3.22. The third-order valence-electron chi connectivity index (χ3n) is 4.52. The van der Waals surface area contributed by atoms with E-state index in [-0.39, 0.29) is 35.0 Å². The maximum absolute atomic E-state index is 12.7. The summed E-state index contributed by atoms with van der Waals surface area (Å²) in [6.07, 6.45) is 4.53. The van der Waals surface area contributed by atoms with Crippen molar-refractivity contribution < 1.29 is 23.9 Å². The molecule has 0 aromatic heterocycles. The highest BCUT2D eigenvalue weighted by atomic mass is 35.5. The second kappa shape index (κ2) is 7.96. The first-order valence-corrected chi connectivity index (χ1v) is 9.27. The molecule has 0 atom stereocenters. The summed E-state index contributed by atoms with van der Waals surface area (Å²) >= 11 is 6.18. The SMILES string of the molecule is C/C=C(\Oc1cc(N2C(=O)C3=C(CCCC3)C2=O)ccc1Cl)C(=O)OCC. The monoisotopic (exact) mass is 389 g/mol. The van der Waals surface area contributed by atoms with Gasteiger partial charge in [-0.05, 0) is 57.7 Å². The van der Waals surface area contributed by atoms with Crippen LogP contribution in [-0.2, 0) is 19.1 Å².